The van der Waals surface area contributed by atoms with Crippen molar-refractivity contribution in [3.63, 3.8) is 0 Å². The van der Waals surface area contributed by atoms with Gasteiger partial charge in [0.1, 0.15) is 11.1 Å². The molecule has 2 unspecified atom stereocenters. The maximum atomic E-state index is 5.94. The molecule has 2 aromatic rings. The third-order valence-corrected chi connectivity index (χ3v) is 4.58. The Morgan fingerprint density at radius 2 is 2.33 bits per heavy atom. The first-order chi connectivity index (χ1) is 8.86. The molecule has 0 spiro atoms. The second-order valence-corrected chi connectivity index (χ2v) is 5.74. The van der Waals surface area contributed by atoms with Gasteiger partial charge in [-0.3, -0.25) is 0 Å². The molecule has 1 aliphatic rings. The number of rotatable bonds is 2. The smallest absolute Gasteiger partial charge is 0.124 e. The van der Waals surface area contributed by atoms with Crippen LogP contribution in [0.4, 0.5) is 0 Å². The minimum Gasteiger partial charge on any atom is -0.370 e. The van der Waals surface area contributed by atoms with Crippen LogP contribution in [0.1, 0.15) is 30.9 Å². The SMILES string of the molecule is CCC1CCOC(c2nc3ccccc3s2)CN1. The van der Waals surface area contributed by atoms with Crippen molar-refractivity contribution in [1.29, 1.82) is 0 Å². The van der Waals surface area contributed by atoms with Crippen LogP contribution in [0.25, 0.3) is 10.2 Å². The number of nitrogens with zero attached hydrogens (tertiary/aromatic N) is 1. The molecule has 0 aliphatic carbocycles. The lowest BCUT2D eigenvalue weighted by Gasteiger charge is -2.13. The van der Waals surface area contributed by atoms with E-state index in [-0.39, 0.29) is 6.10 Å². The Morgan fingerprint density at radius 3 is 3.17 bits per heavy atom. The third-order valence-electron chi connectivity index (χ3n) is 3.46. The van der Waals surface area contributed by atoms with Crippen LogP contribution in [0.3, 0.4) is 0 Å². The molecule has 1 fully saturated rings. The van der Waals surface area contributed by atoms with Gasteiger partial charge in [0, 0.05) is 19.2 Å². The van der Waals surface area contributed by atoms with Gasteiger partial charge in [-0.1, -0.05) is 19.1 Å². The number of para-hydroxylation sites is 1. The lowest BCUT2D eigenvalue weighted by atomic mass is 10.2. The van der Waals surface area contributed by atoms with Gasteiger partial charge < -0.3 is 10.1 Å². The van der Waals surface area contributed by atoms with Gasteiger partial charge in [0.2, 0.25) is 0 Å². The van der Waals surface area contributed by atoms with Gasteiger partial charge in [-0.05, 0) is 25.0 Å². The highest BCUT2D eigenvalue weighted by Crippen LogP contribution is 2.29. The zero-order chi connectivity index (χ0) is 12.4. The largest absolute Gasteiger partial charge is 0.370 e. The fourth-order valence-electron chi connectivity index (χ4n) is 2.32. The number of hydrogen-bond donors (Lipinski definition) is 1. The summed E-state index contributed by atoms with van der Waals surface area (Å²) in [4.78, 5) is 4.68. The highest BCUT2D eigenvalue weighted by atomic mass is 32.1. The summed E-state index contributed by atoms with van der Waals surface area (Å²) in [6, 6.07) is 8.86. The van der Waals surface area contributed by atoms with Crippen LogP contribution in [-0.4, -0.2) is 24.2 Å². The van der Waals surface area contributed by atoms with Crippen LogP contribution < -0.4 is 5.32 Å². The maximum Gasteiger partial charge on any atom is 0.124 e. The van der Waals surface area contributed by atoms with Gasteiger partial charge >= 0.3 is 0 Å². The minimum atomic E-state index is 0.110. The summed E-state index contributed by atoms with van der Waals surface area (Å²) in [6.07, 6.45) is 2.37. The highest BCUT2D eigenvalue weighted by molar-refractivity contribution is 7.18. The topological polar surface area (TPSA) is 34.1 Å². The van der Waals surface area contributed by atoms with Crippen molar-refractivity contribution >= 4 is 21.6 Å². The van der Waals surface area contributed by atoms with E-state index in [1.807, 2.05) is 6.07 Å². The average molecular weight is 262 g/mol. The molecule has 2 heterocycles. The lowest BCUT2D eigenvalue weighted by Crippen LogP contribution is -2.29. The number of hydrogen-bond acceptors (Lipinski definition) is 4. The van der Waals surface area contributed by atoms with E-state index in [0.29, 0.717) is 6.04 Å². The maximum absolute atomic E-state index is 5.94. The molecule has 0 amide bonds. The number of ether oxygens (including phenoxy) is 1. The Kier molecular flexibility index (Phi) is 3.59. The minimum absolute atomic E-state index is 0.110. The average Bonchev–Trinajstić information content (AvgIpc) is 2.68. The molecule has 4 heteroatoms. The van der Waals surface area contributed by atoms with E-state index in [1.165, 1.54) is 4.70 Å². The summed E-state index contributed by atoms with van der Waals surface area (Å²) in [5, 5.41) is 4.66. The van der Waals surface area contributed by atoms with E-state index in [9.17, 15) is 0 Å². The summed E-state index contributed by atoms with van der Waals surface area (Å²) < 4.78 is 7.18. The van der Waals surface area contributed by atoms with Crippen molar-refractivity contribution in [3.05, 3.63) is 29.3 Å². The first-order valence-electron chi connectivity index (χ1n) is 6.57. The predicted molar refractivity (Wildman–Crippen MR) is 75.0 cm³/mol. The van der Waals surface area contributed by atoms with Crippen molar-refractivity contribution in [2.45, 2.75) is 31.9 Å². The Labute approximate surface area is 111 Å². The lowest BCUT2D eigenvalue weighted by molar-refractivity contribution is 0.0663. The molecular weight excluding hydrogens is 244 g/mol. The molecule has 3 rings (SSSR count). The van der Waals surface area contributed by atoms with Crippen molar-refractivity contribution in [2.24, 2.45) is 0 Å². The van der Waals surface area contributed by atoms with Crippen LogP contribution in [0, 0.1) is 0 Å². The van der Waals surface area contributed by atoms with E-state index in [1.54, 1.807) is 11.3 Å². The standard InChI is InChI=1S/C14H18N2OS/c1-2-10-7-8-17-12(9-15-10)14-16-11-5-3-4-6-13(11)18-14/h3-6,10,12,15H,2,7-9H2,1H3. The van der Waals surface area contributed by atoms with Crippen LogP contribution in [0.15, 0.2) is 24.3 Å². The van der Waals surface area contributed by atoms with Crippen LogP contribution in [0.5, 0.6) is 0 Å². The molecular formula is C14H18N2OS. The predicted octanol–water partition coefficient (Wildman–Crippen LogP) is 3.13. The van der Waals surface area contributed by atoms with Gasteiger partial charge in [0.05, 0.1) is 10.2 Å². The number of benzene rings is 1. The molecule has 96 valence electrons. The summed E-state index contributed by atoms with van der Waals surface area (Å²) in [5.41, 5.74) is 1.08. The summed E-state index contributed by atoms with van der Waals surface area (Å²) in [6.45, 7) is 3.92. The number of aromatic nitrogens is 1. The molecule has 0 saturated carbocycles. The molecule has 1 aromatic carbocycles. The molecule has 1 aliphatic heterocycles. The van der Waals surface area contributed by atoms with Crippen molar-refractivity contribution in [3.8, 4) is 0 Å². The number of nitrogens with one attached hydrogen (secondary N) is 1. The molecule has 3 nitrogen and oxygen atoms in total. The van der Waals surface area contributed by atoms with Crippen molar-refractivity contribution < 1.29 is 4.74 Å². The molecule has 1 aromatic heterocycles. The Morgan fingerprint density at radius 1 is 1.44 bits per heavy atom. The fourth-order valence-corrected chi connectivity index (χ4v) is 3.34. The molecule has 18 heavy (non-hydrogen) atoms. The Balaban J connectivity index is 1.81. The Bertz CT molecular complexity index is 492. The van der Waals surface area contributed by atoms with E-state index >= 15 is 0 Å². The van der Waals surface area contributed by atoms with Crippen LogP contribution in [0.2, 0.25) is 0 Å². The van der Waals surface area contributed by atoms with E-state index in [0.717, 1.165) is 36.5 Å². The van der Waals surface area contributed by atoms with Crippen LogP contribution in [-0.2, 0) is 4.74 Å². The number of fused-ring (bicyclic) bond motifs is 1. The number of thiazole rings is 1. The summed E-state index contributed by atoms with van der Waals surface area (Å²) >= 11 is 1.75. The second-order valence-electron chi connectivity index (χ2n) is 4.68. The zero-order valence-corrected chi connectivity index (χ0v) is 11.4. The van der Waals surface area contributed by atoms with Gasteiger partial charge in [0.25, 0.3) is 0 Å². The molecule has 2 atom stereocenters. The van der Waals surface area contributed by atoms with Gasteiger partial charge in [-0.2, -0.15) is 0 Å². The molecule has 0 radical (unpaired) electrons. The first-order valence-corrected chi connectivity index (χ1v) is 7.39. The van der Waals surface area contributed by atoms with Gasteiger partial charge in [-0.15, -0.1) is 11.3 Å². The third kappa shape index (κ3) is 2.41. The van der Waals surface area contributed by atoms with Crippen molar-refractivity contribution in [1.82, 2.24) is 10.3 Å². The summed E-state index contributed by atoms with van der Waals surface area (Å²) in [5.74, 6) is 0. The van der Waals surface area contributed by atoms with Gasteiger partial charge in [0.15, 0.2) is 0 Å². The first kappa shape index (κ1) is 12.1. The van der Waals surface area contributed by atoms with Crippen LogP contribution >= 0.6 is 11.3 Å². The van der Waals surface area contributed by atoms with Gasteiger partial charge in [-0.25, -0.2) is 4.98 Å². The quantitative estimate of drug-likeness (QED) is 0.903. The van der Waals surface area contributed by atoms with E-state index < -0.39 is 0 Å². The molecule has 0 bridgehead atoms. The monoisotopic (exact) mass is 262 g/mol. The highest BCUT2D eigenvalue weighted by Gasteiger charge is 2.21. The van der Waals surface area contributed by atoms with Crippen molar-refractivity contribution in [2.75, 3.05) is 13.2 Å². The Hall–Kier alpha value is -0.970. The molecule has 1 N–H and O–H groups in total. The molecule has 1 saturated heterocycles. The summed E-state index contributed by atoms with van der Waals surface area (Å²) in [7, 11) is 0. The fraction of sp³-hybridized carbons (Fsp3) is 0.500. The normalized spacial score (nSPS) is 25.2. The van der Waals surface area contributed by atoms with E-state index in [4.69, 9.17) is 4.74 Å². The van der Waals surface area contributed by atoms with E-state index in [2.05, 4.69) is 35.4 Å². The second kappa shape index (κ2) is 5.34. The zero-order valence-electron chi connectivity index (χ0n) is 10.6.